The number of nitrogens with one attached hydrogen (secondary N) is 1. The van der Waals surface area contributed by atoms with E-state index < -0.39 is 0 Å². The van der Waals surface area contributed by atoms with Gasteiger partial charge in [-0.15, -0.1) is 0 Å². The Morgan fingerprint density at radius 1 is 1.21 bits per heavy atom. The normalized spacial score (nSPS) is 11.1. The zero-order valence-corrected chi connectivity index (χ0v) is 8.29. The molecule has 1 N–H and O–H groups in total. The largest absolute Gasteiger partial charge is 0.345 e. The number of rotatable bonds is 0. The van der Waals surface area contributed by atoms with Crippen molar-refractivity contribution in [2.45, 2.75) is 6.92 Å². The highest BCUT2D eigenvalue weighted by molar-refractivity contribution is 5.78. The minimum atomic E-state index is -0.378. The Morgan fingerprint density at radius 2 is 1.86 bits per heavy atom. The van der Waals surface area contributed by atoms with Crippen LogP contribution in [0.2, 0.25) is 0 Å². The van der Waals surface area contributed by atoms with Crippen LogP contribution in [0.1, 0.15) is 5.56 Å². The molecule has 5 heteroatoms. The van der Waals surface area contributed by atoms with Crippen LogP contribution in [0.15, 0.2) is 15.8 Å². The van der Waals surface area contributed by atoms with E-state index in [0.717, 1.165) is 5.56 Å². The van der Waals surface area contributed by atoms with Gasteiger partial charge >= 0.3 is 5.69 Å². The van der Waals surface area contributed by atoms with Crippen LogP contribution in [-0.4, -0.2) is 14.1 Å². The second-order valence-corrected chi connectivity index (χ2v) is 3.44. The van der Waals surface area contributed by atoms with E-state index in [4.69, 9.17) is 0 Å². The number of aromatic amines is 1. The molecule has 0 aliphatic rings. The number of aromatic nitrogens is 3. The summed E-state index contributed by atoms with van der Waals surface area (Å²) >= 11 is 0. The fraction of sp³-hybridized carbons (Fsp3) is 0.333. The summed E-state index contributed by atoms with van der Waals surface area (Å²) in [7, 11) is 3.43. The van der Waals surface area contributed by atoms with Crippen molar-refractivity contribution in [1.29, 1.82) is 0 Å². The predicted molar refractivity (Wildman–Crippen MR) is 53.5 cm³/mol. The molecule has 2 aromatic heterocycles. The predicted octanol–water partition coefficient (Wildman–Crippen LogP) is -0.126. The van der Waals surface area contributed by atoms with Gasteiger partial charge in [-0.2, -0.15) is 0 Å². The quantitative estimate of drug-likeness (QED) is 0.633. The molecular weight excluding hydrogens is 182 g/mol. The Labute approximate surface area is 79.6 Å². The lowest BCUT2D eigenvalue weighted by Crippen LogP contribution is -2.28. The van der Waals surface area contributed by atoms with Crippen LogP contribution >= 0.6 is 0 Å². The van der Waals surface area contributed by atoms with Crippen molar-refractivity contribution in [1.82, 2.24) is 14.1 Å². The highest BCUT2D eigenvalue weighted by Gasteiger charge is 2.10. The first-order chi connectivity index (χ1) is 6.52. The lowest BCUT2D eigenvalue weighted by molar-refractivity contribution is 0.834. The molecule has 14 heavy (non-hydrogen) atoms. The highest BCUT2D eigenvalue weighted by atomic mass is 16.2. The van der Waals surface area contributed by atoms with E-state index in [1.54, 1.807) is 18.7 Å². The van der Waals surface area contributed by atoms with Crippen molar-refractivity contribution in [2.75, 3.05) is 0 Å². The number of hydrogen-bond donors (Lipinski definition) is 1. The van der Waals surface area contributed by atoms with E-state index in [1.807, 2.05) is 13.1 Å². The molecule has 0 bridgehead atoms. The molecule has 0 aromatic carbocycles. The molecule has 0 radical (unpaired) electrons. The van der Waals surface area contributed by atoms with Crippen LogP contribution in [0, 0.1) is 6.92 Å². The van der Waals surface area contributed by atoms with E-state index >= 15 is 0 Å². The fourth-order valence-corrected chi connectivity index (χ4v) is 1.80. The maximum absolute atomic E-state index is 11.5. The minimum absolute atomic E-state index is 0.335. The summed E-state index contributed by atoms with van der Waals surface area (Å²) < 4.78 is 3.18. The Morgan fingerprint density at radius 3 is 2.50 bits per heavy atom. The van der Waals surface area contributed by atoms with Crippen LogP contribution < -0.4 is 11.2 Å². The molecule has 0 aliphatic heterocycles. The van der Waals surface area contributed by atoms with Crippen LogP contribution in [0.3, 0.4) is 0 Å². The van der Waals surface area contributed by atoms with Crippen molar-refractivity contribution < 1.29 is 0 Å². The molecular formula is C9H11N3O2. The first-order valence-corrected chi connectivity index (χ1v) is 4.27. The number of aryl methyl sites for hydroxylation is 3. The van der Waals surface area contributed by atoms with Gasteiger partial charge in [0.2, 0.25) is 0 Å². The summed E-state index contributed by atoms with van der Waals surface area (Å²) in [4.78, 5) is 25.1. The van der Waals surface area contributed by atoms with E-state index in [0.29, 0.717) is 11.0 Å². The zero-order valence-electron chi connectivity index (χ0n) is 8.29. The van der Waals surface area contributed by atoms with Crippen LogP contribution in [-0.2, 0) is 14.1 Å². The lowest BCUT2D eigenvalue weighted by Gasteiger charge is -2.00. The van der Waals surface area contributed by atoms with Gasteiger partial charge in [-0.25, -0.2) is 4.79 Å². The van der Waals surface area contributed by atoms with E-state index in [2.05, 4.69) is 4.98 Å². The van der Waals surface area contributed by atoms with Gasteiger partial charge in [-0.3, -0.25) is 14.3 Å². The Hall–Kier alpha value is -1.78. The van der Waals surface area contributed by atoms with Gasteiger partial charge in [0.05, 0.1) is 5.52 Å². The monoisotopic (exact) mass is 193 g/mol. The first kappa shape index (κ1) is 8.80. The van der Waals surface area contributed by atoms with Crippen molar-refractivity contribution in [3.8, 4) is 0 Å². The Kier molecular flexibility index (Phi) is 1.64. The van der Waals surface area contributed by atoms with Gasteiger partial charge in [-0.05, 0) is 12.5 Å². The SMILES string of the molecule is Cc1cn(C)c2c(=O)[nH]c(=O)n(C)c12. The lowest BCUT2D eigenvalue weighted by atomic mass is 10.3. The molecule has 2 aromatic rings. The smallest absolute Gasteiger partial charge is 0.328 e. The molecule has 0 spiro atoms. The Bertz CT molecular complexity index is 615. The maximum Gasteiger partial charge on any atom is 0.328 e. The van der Waals surface area contributed by atoms with E-state index in [9.17, 15) is 9.59 Å². The molecule has 0 saturated carbocycles. The summed E-state index contributed by atoms with van der Waals surface area (Å²) in [6.07, 6.45) is 1.83. The van der Waals surface area contributed by atoms with E-state index in [1.165, 1.54) is 4.57 Å². The topological polar surface area (TPSA) is 59.8 Å². The van der Waals surface area contributed by atoms with Crippen LogP contribution in [0.25, 0.3) is 11.0 Å². The molecule has 74 valence electrons. The summed E-state index contributed by atoms with van der Waals surface area (Å²) in [6, 6.07) is 0. The first-order valence-electron chi connectivity index (χ1n) is 4.27. The number of H-pyrrole nitrogens is 1. The third-order valence-corrected chi connectivity index (χ3v) is 2.41. The molecule has 0 atom stereocenters. The number of fused-ring (bicyclic) bond motifs is 1. The minimum Gasteiger partial charge on any atom is -0.345 e. The molecule has 2 rings (SSSR count). The average Bonchev–Trinajstić information content (AvgIpc) is 2.38. The molecule has 2 heterocycles. The van der Waals surface area contributed by atoms with E-state index in [-0.39, 0.29) is 11.2 Å². The molecule has 0 aliphatic carbocycles. The second-order valence-electron chi connectivity index (χ2n) is 3.44. The number of nitrogens with zero attached hydrogens (tertiary/aromatic N) is 2. The molecule has 0 fully saturated rings. The summed E-state index contributed by atoms with van der Waals surface area (Å²) in [6.45, 7) is 1.88. The summed E-state index contributed by atoms with van der Waals surface area (Å²) in [5.41, 5.74) is 1.44. The van der Waals surface area contributed by atoms with Crippen molar-refractivity contribution in [2.24, 2.45) is 14.1 Å². The average molecular weight is 193 g/mol. The zero-order chi connectivity index (χ0) is 10.5. The Balaban J connectivity index is 3.22. The van der Waals surface area contributed by atoms with Gasteiger partial charge in [-0.1, -0.05) is 0 Å². The molecule has 5 nitrogen and oxygen atoms in total. The van der Waals surface area contributed by atoms with Crippen LogP contribution in [0.5, 0.6) is 0 Å². The highest BCUT2D eigenvalue weighted by Crippen LogP contribution is 2.13. The van der Waals surface area contributed by atoms with Gasteiger partial charge in [0.15, 0.2) is 0 Å². The third-order valence-electron chi connectivity index (χ3n) is 2.41. The van der Waals surface area contributed by atoms with Gasteiger partial charge in [0, 0.05) is 20.3 Å². The summed E-state index contributed by atoms with van der Waals surface area (Å²) in [5, 5.41) is 0. The van der Waals surface area contributed by atoms with Crippen molar-refractivity contribution in [3.63, 3.8) is 0 Å². The second kappa shape index (κ2) is 2.60. The van der Waals surface area contributed by atoms with Gasteiger partial charge < -0.3 is 4.57 Å². The summed E-state index contributed by atoms with van der Waals surface area (Å²) in [5.74, 6) is 0. The van der Waals surface area contributed by atoms with Crippen LogP contribution in [0.4, 0.5) is 0 Å². The maximum atomic E-state index is 11.5. The molecule has 0 amide bonds. The van der Waals surface area contributed by atoms with Crippen molar-refractivity contribution in [3.05, 3.63) is 32.6 Å². The fourth-order valence-electron chi connectivity index (χ4n) is 1.80. The van der Waals surface area contributed by atoms with Gasteiger partial charge in [0.1, 0.15) is 5.52 Å². The number of hydrogen-bond acceptors (Lipinski definition) is 2. The third kappa shape index (κ3) is 0.951. The van der Waals surface area contributed by atoms with Crippen molar-refractivity contribution >= 4 is 11.0 Å². The van der Waals surface area contributed by atoms with Gasteiger partial charge in [0.25, 0.3) is 5.56 Å². The standard InChI is InChI=1S/C9H11N3O2/c1-5-4-11(2)7-6(5)12(3)9(14)10-8(7)13/h4H,1-3H3,(H,10,13,14). The molecule has 0 saturated heterocycles. The molecule has 0 unspecified atom stereocenters.